The zero-order valence-corrected chi connectivity index (χ0v) is 9.99. The van der Waals surface area contributed by atoms with Crippen LogP contribution in [-0.4, -0.2) is 19.7 Å². The molecule has 1 aliphatic heterocycles. The molecule has 1 heterocycles. The van der Waals surface area contributed by atoms with Gasteiger partial charge in [-0.05, 0) is 19.9 Å². The number of allylic oxidation sites excluding steroid dienone is 1. The summed E-state index contributed by atoms with van der Waals surface area (Å²) >= 11 is 0. The second-order valence-corrected chi connectivity index (χ2v) is 4.49. The van der Waals surface area contributed by atoms with E-state index in [0.717, 1.165) is 25.4 Å². The second-order valence-electron chi connectivity index (χ2n) is 4.49. The van der Waals surface area contributed by atoms with Crippen LogP contribution in [0.5, 0.6) is 5.75 Å². The molecule has 2 nitrogen and oxygen atoms in total. The molecule has 2 rings (SSSR count). The summed E-state index contributed by atoms with van der Waals surface area (Å²) in [6.45, 7) is 6.98. The highest BCUT2D eigenvalue weighted by atomic mass is 16.5. The van der Waals surface area contributed by atoms with Crippen LogP contribution in [0.1, 0.15) is 25.3 Å². The largest absolute Gasteiger partial charge is 0.493 e. The summed E-state index contributed by atoms with van der Waals surface area (Å²) in [5.74, 6) is 1.55. The molecule has 1 aliphatic rings. The quantitative estimate of drug-likeness (QED) is 0.618. The van der Waals surface area contributed by atoms with E-state index in [9.17, 15) is 0 Å². The van der Waals surface area contributed by atoms with Crippen LogP contribution in [0, 0.1) is 0 Å². The van der Waals surface area contributed by atoms with E-state index in [4.69, 9.17) is 4.74 Å². The molecule has 0 bridgehead atoms. The highest BCUT2D eigenvalue weighted by molar-refractivity contribution is 5.39. The van der Waals surface area contributed by atoms with Crippen molar-refractivity contribution in [1.29, 1.82) is 0 Å². The Hall–Kier alpha value is -1.28. The third-order valence-electron chi connectivity index (χ3n) is 2.84. The lowest BCUT2D eigenvalue weighted by atomic mass is 10.0. The number of benzene rings is 1. The Morgan fingerprint density at radius 1 is 1.44 bits per heavy atom. The van der Waals surface area contributed by atoms with Crippen LogP contribution in [0.3, 0.4) is 0 Å². The Bertz CT molecular complexity index is 380. The van der Waals surface area contributed by atoms with Crippen molar-refractivity contribution in [2.75, 3.05) is 19.7 Å². The highest BCUT2D eigenvalue weighted by Gasteiger charge is 2.22. The van der Waals surface area contributed by atoms with E-state index in [1.807, 2.05) is 12.1 Å². The number of ether oxygens (including phenoxy) is 1. The molecular weight excluding hydrogens is 198 g/mol. The third kappa shape index (κ3) is 2.64. The second kappa shape index (κ2) is 5.17. The lowest BCUT2D eigenvalue weighted by Gasteiger charge is -2.08. The van der Waals surface area contributed by atoms with Crippen LogP contribution in [0.2, 0.25) is 0 Å². The average Bonchev–Trinajstić information content (AvgIpc) is 2.68. The molecule has 1 aromatic rings. The summed E-state index contributed by atoms with van der Waals surface area (Å²) in [4.78, 5) is 0. The van der Waals surface area contributed by atoms with Crippen LogP contribution in [0.25, 0.3) is 0 Å². The molecule has 0 saturated heterocycles. The number of hydrogen-bond donors (Lipinski definition) is 1. The predicted molar refractivity (Wildman–Crippen MR) is 67.0 cm³/mol. The maximum Gasteiger partial charge on any atom is 0.122 e. The minimum atomic E-state index is 0.502. The van der Waals surface area contributed by atoms with Crippen LogP contribution < -0.4 is 10.1 Å². The van der Waals surface area contributed by atoms with Crippen LogP contribution in [0.4, 0.5) is 0 Å². The van der Waals surface area contributed by atoms with Gasteiger partial charge < -0.3 is 10.1 Å². The molecule has 86 valence electrons. The number of fused-ring (bicyclic) bond motifs is 1. The number of nitrogens with one attached hydrogen (secondary N) is 1. The van der Waals surface area contributed by atoms with E-state index < -0.39 is 0 Å². The van der Waals surface area contributed by atoms with Crippen LogP contribution in [0.15, 0.2) is 35.9 Å². The zero-order valence-electron chi connectivity index (χ0n) is 9.99. The first-order valence-electron chi connectivity index (χ1n) is 5.83. The molecule has 1 N–H and O–H groups in total. The molecule has 1 atom stereocenters. The molecule has 0 aromatic heterocycles. The number of para-hydroxylation sites is 1. The number of rotatable bonds is 4. The van der Waals surface area contributed by atoms with Gasteiger partial charge in [0.05, 0.1) is 6.61 Å². The fraction of sp³-hybridized carbons (Fsp3) is 0.429. The predicted octanol–water partition coefficient (Wildman–Crippen LogP) is 2.72. The van der Waals surface area contributed by atoms with Gasteiger partial charge in [-0.3, -0.25) is 0 Å². The first-order chi connectivity index (χ1) is 7.77. The Balaban J connectivity index is 1.87. The maximum atomic E-state index is 5.63. The van der Waals surface area contributed by atoms with Gasteiger partial charge in [0.25, 0.3) is 0 Å². The van der Waals surface area contributed by atoms with Gasteiger partial charge in [-0.1, -0.05) is 29.8 Å². The topological polar surface area (TPSA) is 21.3 Å². The van der Waals surface area contributed by atoms with E-state index in [0.29, 0.717) is 5.92 Å². The fourth-order valence-electron chi connectivity index (χ4n) is 1.93. The van der Waals surface area contributed by atoms with Gasteiger partial charge >= 0.3 is 0 Å². The first-order valence-corrected chi connectivity index (χ1v) is 5.83. The molecule has 0 aliphatic carbocycles. The molecule has 0 amide bonds. The summed E-state index contributed by atoms with van der Waals surface area (Å²) in [6, 6.07) is 8.31. The van der Waals surface area contributed by atoms with Crippen LogP contribution in [-0.2, 0) is 0 Å². The SMILES string of the molecule is CC(C)=CCNCC1COc2ccccc21. The fourth-order valence-corrected chi connectivity index (χ4v) is 1.93. The molecule has 0 spiro atoms. The van der Waals surface area contributed by atoms with Gasteiger partial charge in [0, 0.05) is 24.6 Å². The lowest BCUT2D eigenvalue weighted by molar-refractivity contribution is 0.327. The van der Waals surface area contributed by atoms with Gasteiger partial charge in [0.15, 0.2) is 0 Å². The molecule has 16 heavy (non-hydrogen) atoms. The number of hydrogen-bond acceptors (Lipinski definition) is 2. The van der Waals surface area contributed by atoms with Gasteiger partial charge in [0.2, 0.25) is 0 Å². The van der Waals surface area contributed by atoms with Crippen molar-refractivity contribution < 1.29 is 4.74 Å². The summed E-state index contributed by atoms with van der Waals surface area (Å²) < 4.78 is 5.63. The van der Waals surface area contributed by atoms with Crippen molar-refractivity contribution in [3.63, 3.8) is 0 Å². The third-order valence-corrected chi connectivity index (χ3v) is 2.84. The minimum absolute atomic E-state index is 0.502. The first kappa shape index (κ1) is 11.2. The smallest absolute Gasteiger partial charge is 0.122 e. The van der Waals surface area contributed by atoms with Gasteiger partial charge in [-0.2, -0.15) is 0 Å². The van der Waals surface area contributed by atoms with E-state index in [1.54, 1.807) is 0 Å². The highest BCUT2D eigenvalue weighted by Crippen LogP contribution is 2.32. The Labute approximate surface area is 97.3 Å². The molecular formula is C14H19NO. The molecule has 1 unspecified atom stereocenters. The summed E-state index contributed by atoms with van der Waals surface area (Å²) in [5.41, 5.74) is 2.70. The summed E-state index contributed by atoms with van der Waals surface area (Å²) in [7, 11) is 0. The zero-order chi connectivity index (χ0) is 11.4. The Morgan fingerprint density at radius 3 is 3.06 bits per heavy atom. The van der Waals surface area contributed by atoms with Crippen molar-refractivity contribution in [3.8, 4) is 5.75 Å². The summed E-state index contributed by atoms with van der Waals surface area (Å²) in [6.07, 6.45) is 2.21. The van der Waals surface area contributed by atoms with Gasteiger partial charge in [-0.15, -0.1) is 0 Å². The molecule has 0 fully saturated rings. The van der Waals surface area contributed by atoms with E-state index in [2.05, 4.69) is 37.4 Å². The van der Waals surface area contributed by atoms with Gasteiger partial charge in [-0.25, -0.2) is 0 Å². The average molecular weight is 217 g/mol. The Kier molecular flexibility index (Phi) is 3.62. The lowest BCUT2D eigenvalue weighted by Crippen LogP contribution is -2.22. The Morgan fingerprint density at radius 2 is 2.25 bits per heavy atom. The monoisotopic (exact) mass is 217 g/mol. The maximum absolute atomic E-state index is 5.63. The van der Waals surface area contributed by atoms with E-state index in [1.165, 1.54) is 11.1 Å². The van der Waals surface area contributed by atoms with Crippen molar-refractivity contribution in [3.05, 3.63) is 41.5 Å². The van der Waals surface area contributed by atoms with E-state index in [-0.39, 0.29) is 0 Å². The molecule has 2 heteroatoms. The normalized spacial score (nSPS) is 17.8. The molecule has 0 saturated carbocycles. The molecule has 1 aromatic carbocycles. The van der Waals surface area contributed by atoms with E-state index >= 15 is 0 Å². The van der Waals surface area contributed by atoms with Crippen molar-refractivity contribution in [1.82, 2.24) is 5.32 Å². The molecule has 0 radical (unpaired) electrons. The van der Waals surface area contributed by atoms with Gasteiger partial charge in [0.1, 0.15) is 5.75 Å². The van der Waals surface area contributed by atoms with Crippen molar-refractivity contribution in [2.45, 2.75) is 19.8 Å². The summed E-state index contributed by atoms with van der Waals surface area (Å²) in [5, 5.41) is 3.44. The van der Waals surface area contributed by atoms with Crippen LogP contribution >= 0.6 is 0 Å². The van der Waals surface area contributed by atoms with Crippen molar-refractivity contribution in [2.24, 2.45) is 0 Å². The van der Waals surface area contributed by atoms with Crippen molar-refractivity contribution >= 4 is 0 Å². The minimum Gasteiger partial charge on any atom is -0.493 e. The standard InChI is InChI=1S/C14H19NO/c1-11(2)7-8-15-9-12-10-16-14-6-4-3-5-13(12)14/h3-7,12,15H,8-10H2,1-2H3.